The van der Waals surface area contributed by atoms with Crippen molar-refractivity contribution in [2.45, 2.75) is 6.61 Å². The highest BCUT2D eigenvalue weighted by Gasteiger charge is 2.11. The Hall–Kier alpha value is -2.14. The standard InChI is InChI=1S/C15H11ClF2O3/c1-20-14-6-9(15(16)19)3-5-13(14)21-8-10-2-4-11(17)7-12(10)18/h2-7H,8H2,1H3. The fraction of sp³-hybridized carbons (Fsp3) is 0.133. The third kappa shape index (κ3) is 3.70. The Morgan fingerprint density at radius 2 is 1.90 bits per heavy atom. The lowest BCUT2D eigenvalue weighted by Crippen LogP contribution is -2.01. The van der Waals surface area contributed by atoms with E-state index in [1.165, 1.54) is 31.4 Å². The van der Waals surface area contributed by atoms with E-state index in [1.807, 2.05) is 0 Å². The van der Waals surface area contributed by atoms with E-state index in [2.05, 4.69) is 0 Å². The number of hydrogen-bond donors (Lipinski definition) is 0. The Bertz CT molecular complexity index is 674. The van der Waals surface area contributed by atoms with Crippen molar-refractivity contribution in [3.63, 3.8) is 0 Å². The summed E-state index contributed by atoms with van der Waals surface area (Å²) in [6.45, 7) is -0.101. The van der Waals surface area contributed by atoms with Gasteiger partial charge in [-0.1, -0.05) is 0 Å². The zero-order chi connectivity index (χ0) is 15.4. The summed E-state index contributed by atoms with van der Waals surface area (Å²) in [4.78, 5) is 11.1. The molecule has 0 spiro atoms. The van der Waals surface area contributed by atoms with Crippen molar-refractivity contribution in [1.29, 1.82) is 0 Å². The zero-order valence-corrected chi connectivity index (χ0v) is 11.8. The van der Waals surface area contributed by atoms with E-state index in [0.717, 1.165) is 12.1 Å². The second-order valence-corrected chi connectivity index (χ2v) is 4.51. The summed E-state index contributed by atoms with van der Waals surface area (Å²) in [5, 5.41) is -0.621. The maximum absolute atomic E-state index is 13.5. The van der Waals surface area contributed by atoms with Crippen LogP contribution in [0.2, 0.25) is 0 Å². The van der Waals surface area contributed by atoms with Crippen LogP contribution < -0.4 is 9.47 Å². The highest BCUT2D eigenvalue weighted by Crippen LogP contribution is 2.29. The van der Waals surface area contributed by atoms with Crippen LogP contribution in [0.3, 0.4) is 0 Å². The van der Waals surface area contributed by atoms with Crippen LogP contribution in [0.5, 0.6) is 11.5 Å². The molecule has 110 valence electrons. The lowest BCUT2D eigenvalue weighted by molar-refractivity contribution is 0.108. The van der Waals surface area contributed by atoms with E-state index in [1.54, 1.807) is 0 Å². The average molecular weight is 313 g/mol. The molecule has 6 heteroatoms. The lowest BCUT2D eigenvalue weighted by Gasteiger charge is -2.11. The molecule has 0 heterocycles. The van der Waals surface area contributed by atoms with Gasteiger partial charge in [0.05, 0.1) is 7.11 Å². The average Bonchev–Trinajstić information content (AvgIpc) is 2.46. The molecule has 0 unspecified atom stereocenters. The second kappa shape index (κ2) is 6.54. The summed E-state index contributed by atoms with van der Waals surface area (Å²) in [6, 6.07) is 7.61. The number of benzene rings is 2. The smallest absolute Gasteiger partial charge is 0.252 e. The van der Waals surface area contributed by atoms with Gasteiger partial charge in [-0.25, -0.2) is 8.78 Å². The normalized spacial score (nSPS) is 10.3. The van der Waals surface area contributed by atoms with Crippen LogP contribution in [0, 0.1) is 11.6 Å². The Morgan fingerprint density at radius 1 is 1.14 bits per heavy atom. The first-order valence-corrected chi connectivity index (χ1v) is 6.33. The summed E-state index contributed by atoms with van der Waals surface area (Å²) in [7, 11) is 1.41. The van der Waals surface area contributed by atoms with Crippen LogP contribution in [-0.4, -0.2) is 12.4 Å². The number of hydrogen-bond acceptors (Lipinski definition) is 3. The third-order valence-electron chi connectivity index (χ3n) is 2.79. The van der Waals surface area contributed by atoms with E-state index in [4.69, 9.17) is 21.1 Å². The monoisotopic (exact) mass is 312 g/mol. The molecule has 21 heavy (non-hydrogen) atoms. The molecule has 0 saturated carbocycles. The van der Waals surface area contributed by atoms with Gasteiger partial charge in [0.1, 0.15) is 18.2 Å². The Morgan fingerprint density at radius 3 is 2.52 bits per heavy atom. The van der Waals surface area contributed by atoms with E-state index >= 15 is 0 Å². The number of carbonyl (C=O) groups is 1. The maximum atomic E-state index is 13.5. The molecular formula is C15H11ClF2O3. The number of methoxy groups -OCH3 is 1. The van der Waals surface area contributed by atoms with Gasteiger partial charge in [0.2, 0.25) is 0 Å². The highest BCUT2D eigenvalue weighted by atomic mass is 35.5. The molecule has 0 saturated heterocycles. The summed E-state index contributed by atoms with van der Waals surface area (Å²) in [6.07, 6.45) is 0. The SMILES string of the molecule is COc1cc(C(=O)Cl)ccc1OCc1ccc(F)cc1F. The minimum absolute atomic E-state index is 0.101. The number of halogens is 3. The van der Waals surface area contributed by atoms with Crippen molar-refractivity contribution in [3.05, 3.63) is 59.2 Å². The third-order valence-corrected chi connectivity index (χ3v) is 3.01. The van der Waals surface area contributed by atoms with Crippen molar-refractivity contribution >= 4 is 16.8 Å². The first-order chi connectivity index (χ1) is 10.0. The van der Waals surface area contributed by atoms with Crippen LogP contribution in [0.25, 0.3) is 0 Å². The Balaban J connectivity index is 2.17. The molecule has 2 rings (SSSR count). The number of ether oxygens (including phenoxy) is 2. The predicted molar refractivity (Wildman–Crippen MR) is 73.9 cm³/mol. The number of carbonyl (C=O) groups excluding carboxylic acids is 1. The van der Waals surface area contributed by atoms with Gasteiger partial charge in [-0.3, -0.25) is 4.79 Å². The molecule has 0 N–H and O–H groups in total. The van der Waals surface area contributed by atoms with Crippen LogP contribution in [0.4, 0.5) is 8.78 Å². The molecule has 0 aromatic heterocycles. The molecule has 0 amide bonds. The summed E-state index contributed by atoms with van der Waals surface area (Å²) >= 11 is 5.37. The molecule has 0 aliphatic rings. The largest absolute Gasteiger partial charge is 0.493 e. The van der Waals surface area contributed by atoms with E-state index in [9.17, 15) is 13.6 Å². The van der Waals surface area contributed by atoms with Gasteiger partial charge < -0.3 is 9.47 Å². The molecule has 2 aromatic carbocycles. The van der Waals surface area contributed by atoms with Gasteiger partial charge in [-0.05, 0) is 41.9 Å². The van der Waals surface area contributed by atoms with Crippen molar-refractivity contribution in [3.8, 4) is 11.5 Å². The molecule has 3 nitrogen and oxygen atoms in total. The van der Waals surface area contributed by atoms with Crippen LogP contribution in [-0.2, 0) is 6.61 Å². The minimum atomic E-state index is -0.693. The van der Waals surface area contributed by atoms with Gasteiger partial charge >= 0.3 is 0 Å². The number of rotatable bonds is 5. The summed E-state index contributed by atoms with van der Waals surface area (Å²) in [5.41, 5.74) is 0.463. The fourth-order valence-electron chi connectivity index (χ4n) is 1.70. The van der Waals surface area contributed by atoms with Crippen LogP contribution in [0.1, 0.15) is 15.9 Å². The first-order valence-electron chi connectivity index (χ1n) is 5.96. The van der Waals surface area contributed by atoms with Crippen molar-refractivity contribution in [1.82, 2.24) is 0 Å². The van der Waals surface area contributed by atoms with Crippen LogP contribution in [0.15, 0.2) is 36.4 Å². The Kier molecular flexibility index (Phi) is 4.75. The molecule has 0 aliphatic carbocycles. The van der Waals surface area contributed by atoms with E-state index < -0.39 is 16.9 Å². The highest BCUT2D eigenvalue weighted by molar-refractivity contribution is 6.67. The molecule has 0 atom stereocenters. The summed E-state index contributed by atoms with van der Waals surface area (Å²) < 4.78 is 36.8. The molecule has 0 fully saturated rings. The predicted octanol–water partition coefficient (Wildman–Crippen LogP) is 3.93. The van der Waals surface area contributed by atoms with E-state index in [0.29, 0.717) is 11.5 Å². The minimum Gasteiger partial charge on any atom is -0.493 e. The molecular weight excluding hydrogens is 302 g/mol. The zero-order valence-electron chi connectivity index (χ0n) is 11.0. The van der Waals surface area contributed by atoms with Gasteiger partial charge in [-0.15, -0.1) is 0 Å². The van der Waals surface area contributed by atoms with Crippen molar-refractivity contribution in [2.75, 3.05) is 7.11 Å². The topological polar surface area (TPSA) is 35.5 Å². The summed E-state index contributed by atoms with van der Waals surface area (Å²) in [5.74, 6) is -0.729. The van der Waals surface area contributed by atoms with Crippen molar-refractivity contribution in [2.24, 2.45) is 0 Å². The van der Waals surface area contributed by atoms with Crippen molar-refractivity contribution < 1.29 is 23.0 Å². The second-order valence-electron chi connectivity index (χ2n) is 4.16. The molecule has 0 bridgehead atoms. The van der Waals surface area contributed by atoms with Gasteiger partial charge in [0.25, 0.3) is 5.24 Å². The quantitative estimate of drug-likeness (QED) is 0.785. The lowest BCUT2D eigenvalue weighted by atomic mass is 10.2. The Labute approximate surface area is 125 Å². The van der Waals surface area contributed by atoms with Gasteiger partial charge in [0.15, 0.2) is 11.5 Å². The maximum Gasteiger partial charge on any atom is 0.252 e. The van der Waals surface area contributed by atoms with E-state index in [-0.39, 0.29) is 17.7 Å². The van der Waals surface area contributed by atoms with Gasteiger partial charge in [-0.2, -0.15) is 0 Å². The molecule has 2 aromatic rings. The fourth-order valence-corrected chi connectivity index (χ4v) is 1.82. The molecule has 0 aliphatic heterocycles. The van der Waals surface area contributed by atoms with Gasteiger partial charge in [0, 0.05) is 17.2 Å². The first kappa shape index (κ1) is 15.3. The molecule has 0 radical (unpaired) electrons. The van der Waals surface area contributed by atoms with Crippen LogP contribution >= 0.6 is 11.6 Å².